The second-order valence-electron chi connectivity index (χ2n) is 2.27. The molecule has 0 aromatic rings. The van der Waals surface area contributed by atoms with Crippen LogP contribution in [0.25, 0.3) is 0 Å². The number of hydrogen-bond donors (Lipinski definition) is 0. The molecule has 0 N–H and O–H groups in total. The summed E-state index contributed by atoms with van der Waals surface area (Å²) in [4.78, 5) is 13.5. The van der Waals surface area contributed by atoms with Crippen molar-refractivity contribution in [3.05, 3.63) is 0 Å². The lowest BCUT2D eigenvalue weighted by atomic mass is 9.95. The number of rotatable bonds is 2. The van der Waals surface area contributed by atoms with E-state index in [4.69, 9.17) is 4.74 Å². The van der Waals surface area contributed by atoms with Gasteiger partial charge in [0.15, 0.2) is 0 Å². The Labute approximate surface area is 53.7 Å². The van der Waals surface area contributed by atoms with E-state index in [0.717, 1.165) is 6.42 Å². The van der Waals surface area contributed by atoms with Crippen molar-refractivity contribution in [2.24, 2.45) is 4.99 Å². The van der Waals surface area contributed by atoms with E-state index >= 15 is 0 Å². The van der Waals surface area contributed by atoms with Gasteiger partial charge in [-0.05, 0) is 6.42 Å². The summed E-state index contributed by atoms with van der Waals surface area (Å²) in [5.41, 5.74) is -0.207. The molecule has 1 saturated heterocycles. The van der Waals surface area contributed by atoms with Gasteiger partial charge in [0.05, 0.1) is 13.2 Å². The third kappa shape index (κ3) is 1.02. The van der Waals surface area contributed by atoms with Gasteiger partial charge in [-0.2, -0.15) is 4.99 Å². The monoisotopic (exact) mass is 127 g/mol. The second-order valence-corrected chi connectivity index (χ2v) is 2.27. The van der Waals surface area contributed by atoms with E-state index in [-0.39, 0.29) is 5.54 Å². The standard InChI is InChI=1S/C6H9NO2/c1-2-6(7-5-8)3-9-4-6/h2-4H2,1H3. The first-order valence-electron chi connectivity index (χ1n) is 3.00. The van der Waals surface area contributed by atoms with E-state index in [1.54, 1.807) is 6.08 Å². The van der Waals surface area contributed by atoms with Crippen LogP contribution < -0.4 is 0 Å². The number of isocyanates is 1. The quantitative estimate of drug-likeness (QED) is 0.400. The number of carbonyl (C=O) groups excluding carboxylic acids is 1. The Kier molecular flexibility index (Phi) is 1.65. The predicted octanol–water partition coefficient (Wildman–Crippen LogP) is 0.501. The molecule has 0 atom stereocenters. The summed E-state index contributed by atoms with van der Waals surface area (Å²) >= 11 is 0. The minimum Gasteiger partial charge on any atom is -0.376 e. The third-order valence-corrected chi connectivity index (χ3v) is 1.68. The fourth-order valence-electron chi connectivity index (χ4n) is 0.782. The van der Waals surface area contributed by atoms with Crippen molar-refractivity contribution >= 4 is 6.08 Å². The van der Waals surface area contributed by atoms with Crippen molar-refractivity contribution in [3.63, 3.8) is 0 Å². The van der Waals surface area contributed by atoms with E-state index in [1.165, 1.54) is 0 Å². The highest BCUT2D eigenvalue weighted by atomic mass is 16.5. The number of ether oxygens (including phenoxy) is 1. The first kappa shape index (κ1) is 6.46. The third-order valence-electron chi connectivity index (χ3n) is 1.68. The smallest absolute Gasteiger partial charge is 0.235 e. The Hall–Kier alpha value is -0.660. The SMILES string of the molecule is CCC1(N=C=O)COC1. The molecule has 1 aliphatic heterocycles. The van der Waals surface area contributed by atoms with Crippen LogP contribution in [-0.2, 0) is 9.53 Å². The van der Waals surface area contributed by atoms with Crippen LogP contribution in [-0.4, -0.2) is 24.8 Å². The van der Waals surface area contributed by atoms with Gasteiger partial charge in [-0.25, -0.2) is 4.79 Å². The van der Waals surface area contributed by atoms with E-state index in [9.17, 15) is 4.79 Å². The van der Waals surface area contributed by atoms with Gasteiger partial charge >= 0.3 is 0 Å². The highest BCUT2D eigenvalue weighted by molar-refractivity contribution is 5.35. The molecule has 1 rings (SSSR count). The predicted molar refractivity (Wildman–Crippen MR) is 32.0 cm³/mol. The first-order chi connectivity index (χ1) is 4.33. The molecule has 0 aliphatic carbocycles. The zero-order chi connectivity index (χ0) is 6.74. The van der Waals surface area contributed by atoms with Crippen molar-refractivity contribution in [3.8, 4) is 0 Å². The first-order valence-corrected chi connectivity index (χ1v) is 3.00. The van der Waals surface area contributed by atoms with Crippen LogP contribution in [0, 0.1) is 0 Å². The summed E-state index contributed by atoms with van der Waals surface area (Å²) in [7, 11) is 0. The normalized spacial score (nSPS) is 21.9. The molecule has 0 bridgehead atoms. The van der Waals surface area contributed by atoms with Gasteiger partial charge in [0.25, 0.3) is 0 Å². The summed E-state index contributed by atoms with van der Waals surface area (Å²) in [6.07, 6.45) is 2.42. The molecule has 0 aromatic heterocycles. The van der Waals surface area contributed by atoms with E-state index in [1.807, 2.05) is 6.92 Å². The van der Waals surface area contributed by atoms with Gasteiger partial charge in [0.1, 0.15) is 5.54 Å². The summed E-state index contributed by atoms with van der Waals surface area (Å²) < 4.78 is 4.91. The lowest BCUT2D eigenvalue weighted by molar-refractivity contribution is -0.0533. The summed E-state index contributed by atoms with van der Waals surface area (Å²) in [5.74, 6) is 0. The van der Waals surface area contributed by atoms with Gasteiger partial charge in [-0.3, -0.25) is 0 Å². The Morgan fingerprint density at radius 1 is 1.78 bits per heavy atom. The fourth-order valence-corrected chi connectivity index (χ4v) is 0.782. The van der Waals surface area contributed by atoms with Gasteiger partial charge in [-0.1, -0.05) is 6.92 Å². The van der Waals surface area contributed by atoms with Crippen LogP contribution in [0.5, 0.6) is 0 Å². The van der Waals surface area contributed by atoms with Crippen LogP contribution in [0.1, 0.15) is 13.3 Å². The lowest BCUT2D eigenvalue weighted by Crippen LogP contribution is -2.47. The minimum atomic E-state index is -0.207. The molecule has 0 radical (unpaired) electrons. The van der Waals surface area contributed by atoms with Crippen molar-refractivity contribution in [1.29, 1.82) is 0 Å². The molecule has 3 nitrogen and oxygen atoms in total. The number of aliphatic imine (C=N–C) groups is 1. The molecule has 0 unspecified atom stereocenters. The van der Waals surface area contributed by atoms with E-state index < -0.39 is 0 Å². The minimum absolute atomic E-state index is 0.207. The van der Waals surface area contributed by atoms with Crippen molar-refractivity contribution in [1.82, 2.24) is 0 Å². The van der Waals surface area contributed by atoms with Crippen LogP contribution in [0.15, 0.2) is 4.99 Å². The molecule has 1 aliphatic rings. The van der Waals surface area contributed by atoms with Crippen LogP contribution in [0.2, 0.25) is 0 Å². The highest BCUT2D eigenvalue weighted by Gasteiger charge is 2.36. The van der Waals surface area contributed by atoms with Crippen LogP contribution in [0.3, 0.4) is 0 Å². The maximum Gasteiger partial charge on any atom is 0.235 e. The Bertz CT molecular complexity index is 140. The summed E-state index contributed by atoms with van der Waals surface area (Å²) in [6, 6.07) is 0. The molecule has 1 fully saturated rings. The van der Waals surface area contributed by atoms with Crippen molar-refractivity contribution in [2.45, 2.75) is 18.9 Å². The largest absolute Gasteiger partial charge is 0.376 e. The molecule has 50 valence electrons. The average Bonchev–Trinajstić information content (AvgIpc) is 1.79. The molecule has 0 aromatic carbocycles. The molecular formula is C6H9NO2. The molecular weight excluding hydrogens is 118 g/mol. The molecule has 0 saturated carbocycles. The Balaban J connectivity index is 2.56. The van der Waals surface area contributed by atoms with Crippen LogP contribution in [0.4, 0.5) is 0 Å². The molecule has 0 spiro atoms. The summed E-state index contributed by atoms with van der Waals surface area (Å²) in [5, 5.41) is 0. The zero-order valence-electron chi connectivity index (χ0n) is 5.39. The average molecular weight is 127 g/mol. The highest BCUT2D eigenvalue weighted by Crippen LogP contribution is 2.24. The molecule has 9 heavy (non-hydrogen) atoms. The maximum atomic E-state index is 9.82. The van der Waals surface area contributed by atoms with Crippen molar-refractivity contribution < 1.29 is 9.53 Å². The summed E-state index contributed by atoms with van der Waals surface area (Å²) in [6.45, 7) is 3.15. The molecule has 1 heterocycles. The van der Waals surface area contributed by atoms with Gasteiger partial charge in [0, 0.05) is 0 Å². The lowest BCUT2D eigenvalue weighted by Gasteiger charge is -2.35. The zero-order valence-corrected chi connectivity index (χ0v) is 5.39. The Morgan fingerprint density at radius 3 is 2.56 bits per heavy atom. The van der Waals surface area contributed by atoms with E-state index in [2.05, 4.69) is 4.99 Å². The van der Waals surface area contributed by atoms with Crippen molar-refractivity contribution in [2.75, 3.05) is 13.2 Å². The second kappa shape index (κ2) is 2.29. The molecule has 3 heteroatoms. The maximum absolute atomic E-state index is 9.82. The molecule has 0 amide bonds. The van der Waals surface area contributed by atoms with E-state index in [0.29, 0.717) is 13.2 Å². The topological polar surface area (TPSA) is 38.7 Å². The van der Waals surface area contributed by atoms with Gasteiger partial charge < -0.3 is 4.74 Å². The van der Waals surface area contributed by atoms with Crippen LogP contribution >= 0.6 is 0 Å². The number of nitrogens with zero attached hydrogens (tertiary/aromatic N) is 1. The van der Waals surface area contributed by atoms with Gasteiger partial charge in [-0.15, -0.1) is 0 Å². The Morgan fingerprint density at radius 2 is 2.44 bits per heavy atom. The number of hydrogen-bond acceptors (Lipinski definition) is 3. The van der Waals surface area contributed by atoms with Gasteiger partial charge in [0.2, 0.25) is 6.08 Å². The fraction of sp³-hybridized carbons (Fsp3) is 0.833.